The molecule has 1 N–H and O–H groups in total. The number of methoxy groups -OCH3 is 1. The van der Waals surface area contributed by atoms with Gasteiger partial charge in [0.15, 0.2) is 0 Å². The van der Waals surface area contributed by atoms with Gasteiger partial charge in [-0.1, -0.05) is 29.8 Å². The zero-order valence-corrected chi connectivity index (χ0v) is 13.0. The van der Waals surface area contributed by atoms with Crippen LogP contribution in [0.3, 0.4) is 0 Å². The number of nitrogens with zero attached hydrogens (tertiary/aromatic N) is 1. The second-order valence-electron chi connectivity index (χ2n) is 5.02. The fourth-order valence-corrected chi connectivity index (χ4v) is 2.00. The van der Waals surface area contributed by atoms with Crippen LogP contribution in [0.25, 0.3) is 0 Å². The predicted molar refractivity (Wildman–Crippen MR) is 81.8 cm³/mol. The van der Waals surface area contributed by atoms with E-state index in [9.17, 15) is 9.59 Å². The topological polar surface area (TPSA) is 58.6 Å². The number of aryl methyl sites for hydroxylation is 1. The lowest BCUT2D eigenvalue weighted by molar-refractivity contribution is -0.130. The number of rotatable bonds is 8. The molecule has 0 aromatic heterocycles. The third kappa shape index (κ3) is 6.90. The number of carbonyl (C=O) groups is 2. The maximum absolute atomic E-state index is 11.7. The molecule has 0 spiro atoms. The van der Waals surface area contributed by atoms with Gasteiger partial charge in [-0.25, -0.2) is 0 Å². The minimum Gasteiger partial charge on any atom is -0.383 e. The summed E-state index contributed by atoms with van der Waals surface area (Å²) in [4.78, 5) is 25.0. The molecule has 0 atom stereocenters. The van der Waals surface area contributed by atoms with Gasteiger partial charge in [-0.2, -0.15) is 0 Å². The maximum atomic E-state index is 11.7. The molecule has 1 rings (SSSR count). The third-order valence-corrected chi connectivity index (χ3v) is 3.14. The van der Waals surface area contributed by atoms with Gasteiger partial charge >= 0.3 is 0 Å². The lowest BCUT2D eigenvalue weighted by Crippen LogP contribution is -2.34. The molecule has 0 saturated heterocycles. The van der Waals surface area contributed by atoms with Crippen molar-refractivity contribution in [3.05, 3.63) is 35.4 Å². The lowest BCUT2D eigenvalue weighted by atomic mass is 10.1. The van der Waals surface area contributed by atoms with Crippen LogP contribution in [0, 0.1) is 6.92 Å². The van der Waals surface area contributed by atoms with E-state index < -0.39 is 0 Å². The lowest BCUT2D eigenvalue weighted by Gasteiger charge is -2.21. The minimum atomic E-state index is -0.0671. The molecule has 0 heterocycles. The van der Waals surface area contributed by atoms with Crippen LogP contribution in [0.15, 0.2) is 24.3 Å². The van der Waals surface area contributed by atoms with Crippen LogP contribution in [0.5, 0.6) is 0 Å². The first-order valence-corrected chi connectivity index (χ1v) is 7.09. The van der Waals surface area contributed by atoms with Crippen molar-refractivity contribution in [2.24, 2.45) is 0 Å². The standard InChI is InChI=1S/C16H24N2O3/c1-13-5-4-6-15(11-13)12-18(14(2)19)9-7-16(20)17-8-10-21-3/h4-6,11H,7-10,12H2,1-3H3,(H,17,20). The van der Waals surface area contributed by atoms with Gasteiger partial charge in [-0.05, 0) is 12.5 Å². The van der Waals surface area contributed by atoms with E-state index in [4.69, 9.17) is 4.74 Å². The molecule has 0 fully saturated rings. The summed E-state index contributed by atoms with van der Waals surface area (Å²) in [5.41, 5.74) is 2.23. The Morgan fingerprint density at radius 1 is 1.33 bits per heavy atom. The molecule has 0 aliphatic carbocycles. The zero-order valence-electron chi connectivity index (χ0n) is 13.0. The molecule has 21 heavy (non-hydrogen) atoms. The van der Waals surface area contributed by atoms with E-state index in [1.807, 2.05) is 25.1 Å². The Labute approximate surface area is 126 Å². The van der Waals surface area contributed by atoms with Crippen molar-refractivity contribution >= 4 is 11.8 Å². The van der Waals surface area contributed by atoms with Gasteiger partial charge in [0, 0.05) is 40.1 Å². The second-order valence-corrected chi connectivity index (χ2v) is 5.02. The van der Waals surface area contributed by atoms with Crippen LogP contribution < -0.4 is 5.32 Å². The summed E-state index contributed by atoms with van der Waals surface area (Å²) >= 11 is 0. The SMILES string of the molecule is COCCNC(=O)CCN(Cc1cccc(C)c1)C(C)=O. The molecule has 5 nitrogen and oxygen atoms in total. The normalized spacial score (nSPS) is 10.2. The highest BCUT2D eigenvalue weighted by Gasteiger charge is 2.11. The van der Waals surface area contributed by atoms with Crippen molar-refractivity contribution in [2.45, 2.75) is 26.8 Å². The van der Waals surface area contributed by atoms with E-state index in [1.54, 1.807) is 12.0 Å². The second kappa shape index (κ2) is 9.13. The summed E-state index contributed by atoms with van der Waals surface area (Å²) in [6, 6.07) is 8.03. The van der Waals surface area contributed by atoms with Crippen LogP contribution in [-0.4, -0.2) is 43.5 Å². The van der Waals surface area contributed by atoms with E-state index >= 15 is 0 Å². The van der Waals surface area contributed by atoms with E-state index in [0.717, 1.165) is 11.1 Å². The Balaban J connectivity index is 2.47. The van der Waals surface area contributed by atoms with Crippen LogP contribution in [0.1, 0.15) is 24.5 Å². The number of benzene rings is 1. The molecule has 0 saturated carbocycles. The predicted octanol–water partition coefficient (Wildman–Crippen LogP) is 1.50. The summed E-state index contributed by atoms with van der Waals surface area (Å²) in [6.45, 7) is 5.48. The average molecular weight is 292 g/mol. The van der Waals surface area contributed by atoms with Crippen molar-refractivity contribution in [1.82, 2.24) is 10.2 Å². The maximum Gasteiger partial charge on any atom is 0.221 e. The molecule has 0 unspecified atom stereocenters. The number of amides is 2. The Morgan fingerprint density at radius 3 is 2.71 bits per heavy atom. The quantitative estimate of drug-likeness (QED) is 0.739. The zero-order chi connectivity index (χ0) is 15.7. The molecule has 116 valence electrons. The number of ether oxygens (including phenoxy) is 1. The molecule has 1 aromatic rings. The van der Waals surface area contributed by atoms with Gasteiger partial charge in [0.1, 0.15) is 0 Å². The van der Waals surface area contributed by atoms with Crippen molar-refractivity contribution in [2.75, 3.05) is 26.8 Å². The summed E-state index contributed by atoms with van der Waals surface area (Å²) in [6.07, 6.45) is 0.301. The highest BCUT2D eigenvalue weighted by Crippen LogP contribution is 2.08. The Morgan fingerprint density at radius 2 is 2.10 bits per heavy atom. The molecular weight excluding hydrogens is 268 g/mol. The Kier molecular flexibility index (Phi) is 7.46. The van der Waals surface area contributed by atoms with Crippen molar-refractivity contribution < 1.29 is 14.3 Å². The highest BCUT2D eigenvalue weighted by atomic mass is 16.5. The molecule has 0 bridgehead atoms. The number of hydrogen-bond donors (Lipinski definition) is 1. The molecule has 0 aliphatic rings. The van der Waals surface area contributed by atoms with Crippen LogP contribution >= 0.6 is 0 Å². The summed E-state index contributed by atoms with van der Waals surface area (Å²) in [5.74, 6) is -0.0938. The van der Waals surface area contributed by atoms with Gasteiger partial charge < -0.3 is 15.0 Å². The molecular formula is C16H24N2O3. The molecule has 1 aromatic carbocycles. The first-order valence-electron chi connectivity index (χ1n) is 7.09. The first kappa shape index (κ1) is 17.2. The van der Waals surface area contributed by atoms with Gasteiger partial charge in [0.05, 0.1) is 6.61 Å². The Hall–Kier alpha value is -1.88. The summed E-state index contributed by atoms with van der Waals surface area (Å²) in [5, 5.41) is 2.75. The fourth-order valence-electron chi connectivity index (χ4n) is 2.00. The average Bonchev–Trinajstić information content (AvgIpc) is 2.43. The minimum absolute atomic E-state index is 0.0267. The largest absolute Gasteiger partial charge is 0.383 e. The van der Waals surface area contributed by atoms with E-state index in [0.29, 0.717) is 32.7 Å². The molecule has 5 heteroatoms. The monoisotopic (exact) mass is 292 g/mol. The number of nitrogens with one attached hydrogen (secondary N) is 1. The van der Waals surface area contributed by atoms with Crippen LogP contribution in [0.4, 0.5) is 0 Å². The Bertz CT molecular complexity index is 474. The number of hydrogen-bond acceptors (Lipinski definition) is 3. The van der Waals surface area contributed by atoms with Gasteiger partial charge in [-0.3, -0.25) is 9.59 Å². The smallest absolute Gasteiger partial charge is 0.221 e. The fraction of sp³-hybridized carbons (Fsp3) is 0.500. The highest BCUT2D eigenvalue weighted by molar-refractivity contribution is 5.78. The van der Waals surface area contributed by atoms with Crippen LogP contribution in [-0.2, 0) is 20.9 Å². The van der Waals surface area contributed by atoms with Crippen molar-refractivity contribution in [1.29, 1.82) is 0 Å². The summed E-state index contributed by atoms with van der Waals surface area (Å²) < 4.78 is 4.87. The molecule has 0 aliphatic heterocycles. The van der Waals surface area contributed by atoms with Gasteiger partial charge in [0.25, 0.3) is 0 Å². The molecule has 0 radical (unpaired) electrons. The van der Waals surface area contributed by atoms with Gasteiger partial charge in [0.2, 0.25) is 11.8 Å². The van der Waals surface area contributed by atoms with E-state index in [1.165, 1.54) is 6.92 Å². The first-order chi connectivity index (χ1) is 10.0. The van der Waals surface area contributed by atoms with Crippen LogP contribution in [0.2, 0.25) is 0 Å². The molecule has 2 amide bonds. The van der Waals surface area contributed by atoms with Crippen molar-refractivity contribution in [3.8, 4) is 0 Å². The van der Waals surface area contributed by atoms with E-state index in [-0.39, 0.29) is 11.8 Å². The van der Waals surface area contributed by atoms with Gasteiger partial charge in [-0.15, -0.1) is 0 Å². The van der Waals surface area contributed by atoms with E-state index in [2.05, 4.69) is 11.4 Å². The third-order valence-electron chi connectivity index (χ3n) is 3.14. The summed E-state index contributed by atoms with van der Waals surface area (Å²) in [7, 11) is 1.59. The number of carbonyl (C=O) groups excluding carboxylic acids is 2. The van der Waals surface area contributed by atoms with Crippen molar-refractivity contribution in [3.63, 3.8) is 0 Å².